The molecule has 0 aliphatic heterocycles. The van der Waals surface area contributed by atoms with E-state index in [0.717, 1.165) is 41.8 Å². The van der Waals surface area contributed by atoms with Gasteiger partial charge in [0.05, 0.1) is 19.7 Å². The minimum atomic E-state index is 0.631. The van der Waals surface area contributed by atoms with Crippen LogP contribution < -0.4 is 14.8 Å². The molecule has 0 aliphatic rings. The first-order valence-electron chi connectivity index (χ1n) is 9.10. The fourth-order valence-corrected chi connectivity index (χ4v) is 3.05. The quantitative estimate of drug-likeness (QED) is 0.568. The summed E-state index contributed by atoms with van der Waals surface area (Å²) in [5.74, 6) is 2.68. The molecule has 148 valence electrons. The summed E-state index contributed by atoms with van der Waals surface area (Å²) in [5.41, 5.74) is 1.69. The maximum Gasteiger partial charge on any atom is 0.162 e. The SMILES string of the molecule is COc1cc2nc(-c3ccc(Cl)cc3)nc(NCCCN(C)C)c2cc1OC. The van der Waals surface area contributed by atoms with Crippen molar-refractivity contribution < 1.29 is 9.47 Å². The highest BCUT2D eigenvalue weighted by molar-refractivity contribution is 6.30. The van der Waals surface area contributed by atoms with E-state index in [1.165, 1.54) is 0 Å². The molecule has 1 heterocycles. The third kappa shape index (κ3) is 4.64. The average molecular weight is 401 g/mol. The van der Waals surface area contributed by atoms with Gasteiger partial charge >= 0.3 is 0 Å². The van der Waals surface area contributed by atoms with Gasteiger partial charge in [0.2, 0.25) is 0 Å². The van der Waals surface area contributed by atoms with Gasteiger partial charge in [-0.1, -0.05) is 11.6 Å². The van der Waals surface area contributed by atoms with Gasteiger partial charge in [-0.05, 0) is 57.4 Å². The first kappa shape index (κ1) is 20.2. The molecule has 1 aromatic heterocycles. The van der Waals surface area contributed by atoms with E-state index in [9.17, 15) is 0 Å². The molecule has 0 saturated heterocycles. The summed E-state index contributed by atoms with van der Waals surface area (Å²) < 4.78 is 10.9. The molecule has 0 bridgehead atoms. The van der Waals surface area contributed by atoms with Crippen molar-refractivity contribution in [3.8, 4) is 22.9 Å². The predicted molar refractivity (Wildman–Crippen MR) is 115 cm³/mol. The Hall–Kier alpha value is -2.57. The summed E-state index contributed by atoms with van der Waals surface area (Å²) >= 11 is 6.02. The average Bonchev–Trinajstić information content (AvgIpc) is 2.70. The molecule has 3 aromatic rings. The Morgan fingerprint density at radius 3 is 2.32 bits per heavy atom. The highest BCUT2D eigenvalue weighted by Gasteiger charge is 2.14. The number of hydrogen-bond donors (Lipinski definition) is 1. The molecule has 1 N–H and O–H groups in total. The standard InChI is InChI=1S/C21H25ClN4O2/c1-26(2)11-5-10-23-21-16-12-18(27-3)19(28-4)13-17(16)24-20(25-21)14-6-8-15(22)9-7-14/h6-9,12-13H,5,10-11H2,1-4H3,(H,23,24,25). The highest BCUT2D eigenvalue weighted by Crippen LogP contribution is 2.35. The third-order valence-corrected chi connectivity index (χ3v) is 4.63. The van der Waals surface area contributed by atoms with E-state index >= 15 is 0 Å². The van der Waals surface area contributed by atoms with Gasteiger partial charge in [-0.3, -0.25) is 0 Å². The normalized spacial score (nSPS) is 11.1. The Bertz CT molecular complexity index is 945. The minimum absolute atomic E-state index is 0.631. The summed E-state index contributed by atoms with van der Waals surface area (Å²) in [4.78, 5) is 11.7. The fourth-order valence-electron chi connectivity index (χ4n) is 2.92. The Morgan fingerprint density at radius 2 is 1.68 bits per heavy atom. The van der Waals surface area contributed by atoms with Crippen molar-refractivity contribution in [3.05, 3.63) is 41.4 Å². The van der Waals surface area contributed by atoms with E-state index in [4.69, 9.17) is 31.0 Å². The maximum atomic E-state index is 6.02. The molecule has 6 nitrogen and oxygen atoms in total. The first-order chi connectivity index (χ1) is 13.5. The second-order valence-electron chi connectivity index (χ2n) is 6.71. The van der Waals surface area contributed by atoms with Gasteiger partial charge in [-0.2, -0.15) is 0 Å². The number of ether oxygens (including phenoxy) is 2. The second-order valence-corrected chi connectivity index (χ2v) is 7.15. The van der Waals surface area contributed by atoms with Crippen LogP contribution in [0.3, 0.4) is 0 Å². The van der Waals surface area contributed by atoms with Crippen molar-refractivity contribution in [1.29, 1.82) is 0 Å². The Labute approximate surface area is 170 Å². The third-order valence-electron chi connectivity index (χ3n) is 4.38. The van der Waals surface area contributed by atoms with Crippen molar-refractivity contribution in [1.82, 2.24) is 14.9 Å². The predicted octanol–water partition coefficient (Wildman–Crippen LogP) is 4.33. The van der Waals surface area contributed by atoms with Crippen molar-refractivity contribution in [2.45, 2.75) is 6.42 Å². The van der Waals surface area contributed by atoms with Gasteiger partial charge in [0.25, 0.3) is 0 Å². The van der Waals surface area contributed by atoms with Gasteiger partial charge in [0, 0.05) is 28.6 Å². The lowest BCUT2D eigenvalue weighted by Crippen LogP contribution is -2.17. The molecule has 0 aliphatic carbocycles. The lowest BCUT2D eigenvalue weighted by molar-refractivity contribution is 0.356. The van der Waals surface area contributed by atoms with Gasteiger partial charge < -0.3 is 19.7 Å². The van der Waals surface area contributed by atoms with Crippen LogP contribution >= 0.6 is 11.6 Å². The van der Waals surface area contributed by atoms with Gasteiger partial charge in [0.1, 0.15) is 5.82 Å². The summed E-state index contributed by atoms with van der Waals surface area (Å²) in [6, 6.07) is 11.3. The molecule has 0 spiro atoms. The molecule has 3 rings (SSSR count). The van der Waals surface area contributed by atoms with Crippen LogP contribution in [0.5, 0.6) is 11.5 Å². The van der Waals surface area contributed by atoms with Crippen LogP contribution in [0.1, 0.15) is 6.42 Å². The number of nitrogens with zero attached hydrogens (tertiary/aromatic N) is 3. The van der Waals surface area contributed by atoms with E-state index in [2.05, 4.69) is 24.3 Å². The molecule has 0 fully saturated rings. The zero-order valence-corrected chi connectivity index (χ0v) is 17.4. The molecular weight excluding hydrogens is 376 g/mol. The Kier molecular flexibility index (Phi) is 6.54. The molecule has 0 atom stereocenters. The summed E-state index contributed by atoms with van der Waals surface area (Å²) in [5, 5.41) is 5.02. The Balaban J connectivity index is 2.05. The summed E-state index contributed by atoms with van der Waals surface area (Å²) in [7, 11) is 7.37. The smallest absolute Gasteiger partial charge is 0.162 e. The number of halogens is 1. The Morgan fingerprint density at radius 1 is 1.00 bits per heavy atom. The largest absolute Gasteiger partial charge is 0.493 e. The van der Waals surface area contributed by atoms with Gasteiger partial charge in [0.15, 0.2) is 17.3 Å². The molecule has 0 saturated carbocycles. The van der Waals surface area contributed by atoms with E-state index in [1.54, 1.807) is 14.2 Å². The van der Waals surface area contributed by atoms with Crippen LogP contribution in [0.2, 0.25) is 5.02 Å². The van der Waals surface area contributed by atoms with Crippen molar-refractivity contribution in [3.63, 3.8) is 0 Å². The zero-order chi connectivity index (χ0) is 20.1. The fraction of sp³-hybridized carbons (Fsp3) is 0.333. The van der Waals surface area contributed by atoms with Gasteiger partial charge in [-0.25, -0.2) is 9.97 Å². The van der Waals surface area contributed by atoms with Crippen LogP contribution in [0.15, 0.2) is 36.4 Å². The van der Waals surface area contributed by atoms with E-state index < -0.39 is 0 Å². The molecule has 28 heavy (non-hydrogen) atoms. The number of hydrogen-bond acceptors (Lipinski definition) is 6. The zero-order valence-electron chi connectivity index (χ0n) is 16.6. The first-order valence-corrected chi connectivity index (χ1v) is 9.48. The lowest BCUT2D eigenvalue weighted by Gasteiger charge is -2.15. The van der Waals surface area contributed by atoms with Crippen molar-refractivity contribution in [2.75, 3.05) is 46.7 Å². The van der Waals surface area contributed by atoms with Crippen LogP contribution in [0.4, 0.5) is 5.82 Å². The highest BCUT2D eigenvalue weighted by atomic mass is 35.5. The maximum absolute atomic E-state index is 6.02. The molecular formula is C21H25ClN4O2. The molecule has 0 amide bonds. The van der Waals surface area contributed by atoms with E-state index in [0.29, 0.717) is 22.3 Å². The number of aromatic nitrogens is 2. The van der Waals surface area contributed by atoms with Crippen LogP contribution in [-0.2, 0) is 0 Å². The van der Waals surface area contributed by atoms with Crippen molar-refractivity contribution in [2.24, 2.45) is 0 Å². The van der Waals surface area contributed by atoms with Crippen LogP contribution in [0, 0.1) is 0 Å². The summed E-state index contributed by atoms with van der Waals surface area (Å²) in [6.07, 6.45) is 1.00. The minimum Gasteiger partial charge on any atom is -0.493 e. The molecule has 0 radical (unpaired) electrons. The molecule has 0 unspecified atom stereocenters. The van der Waals surface area contributed by atoms with Gasteiger partial charge in [-0.15, -0.1) is 0 Å². The number of benzene rings is 2. The number of methoxy groups -OCH3 is 2. The number of nitrogens with one attached hydrogen (secondary N) is 1. The summed E-state index contributed by atoms with van der Waals surface area (Å²) in [6.45, 7) is 1.80. The number of anilines is 1. The van der Waals surface area contributed by atoms with E-state index in [1.807, 2.05) is 36.4 Å². The van der Waals surface area contributed by atoms with Crippen molar-refractivity contribution >= 4 is 28.3 Å². The topological polar surface area (TPSA) is 59.5 Å². The number of fused-ring (bicyclic) bond motifs is 1. The monoisotopic (exact) mass is 400 g/mol. The van der Waals surface area contributed by atoms with E-state index in [-0.39, 0.29) is 0 Å². The molecule has 2 aromatic carbocycles. The van der Waals surface area contributed by atoms with Crippen LogP contribution in [0.25, 0.3) is 22.3 Å². The number of rotatable bonds is 8. The molecule has 7 heteroatoms. The lowest BCUT2D eigenvalue weighted by atomic mass is 10.1. The van der Waals surface area contributed by atoms with Crippen LogP contribution in [-0.4, -0.2) is 56.3 Å². The second kappa shape index (κ2) is 9.08.